The Morgan fingerprint density at radius 2 is 1.86 bits per heavy atom. The highest BCUT2D eigenvalue weighted by atomic mass is 19.1. The van der Waals surface area contributed by atoms with Crippen LogP contribution in [0.4, 0.5) is 14.5 Å². The smallest absolute Gasteiger partial charge is 0.251 e. The molecule has 1 aromatic carbocycles. The molecule has 0 aliphatic heterocycles. The molecule has 0 aliphatic rings. The molecule has 0 spiro atoms. The minimum absolute atomic E-state index is 0.0634. The van der Waals surface area contributed by atoms with Crippen LogP contribution in [0.1, 0.15) is 37.0 Å². The third kappa shape index (κ3) is 5.02. The van der Waals surface area contributed by atoms with Gasteiger partial charge in [0.25, 0.3) is 5.91 Å². The number of amides is 2. The first-order valence-electron chi connectivity index (χ1n) is 6.67. The van der Waals surface area contributed by atoms with E-state index >= 15 is 0 Å². The molecule has 0 fully saturated rings. The number of carbonyl (C=O) groups excluding carboxylic acids is 2. The van der Waals surface area contributed by atoms with E-state index in [2.05, 4.69) is 10.6 Å². The monoisotopic (exact) mass is 299 g/mol. The van der Waals surface area contributed by atoms with Crippen molar-refractivity contribution < 1.29 is 18.4 Å². The zero-order valence-electron chi connectivity index (χ0n) is 12.0. The van der Waals surface area contributed by atoms with Gasteiger partial charge in [-0.05, 0) is 25.5 Å². The van der Waals surface area contributed by atoms with Crippen molar-refractivity contribution >= 4 is 17.5 Å². The van der Waals surface area contributed by atoms with Crippen molar-refractivity contribution in [1.82, 2.24) is 10.6 Å². The number of carbonyl (C=O) groups is 2. The molecular weight excluding hydrogens is 280 g/mol. The molecule has 1 aromatic rings. The Morgan fingerprint density at radius 1 is 1.29 bits per heavy atom. The van der Waals surface area contributed by atoms with Gasteiger partial charge in [-0.15, -0.1) is 0 Å². The average molecular weight is 299 g/mol. The predicted octanol–water partition coefficient (Wildman–Crippen LogP) is 1.58. The number of hydrogen-bond donors (Lipinski definition) is 3. The summed E-state index contributed by atoms with van der Waals surface area (Å²) in [7, 11) is 0. The number of rotatable bonds is 6. The molecule has 0 heterocycles. The van der Waals surface area contributed by atoms with Crippen molar-refractivity contribution in [3.63, 3.8) is 0 Å². The predicted molar refractivity (Wildman–Crippen MR) is 75.6 cm³/mol. The zero-order valence-corrected chi connectivity index (χ0v) is 12.0. The van der Waals surface area contributed by atoms with Crippen molar-refractivity contribution in [3.05, 3.63) is 29.3 Å². The van der Waals surface area contributed by atoms with Crippen LogP contribution in [0.15, 0.2) is 12.1 Å². The second-order valence-electron chi connectivity index (χ2n) is 4.74. The summed E-state index contributed by atoms with van der Waals surface area (Å²) >= 11 is 0. The van der Waals surface area contributed by atoms with Crippen molar-refractivity contribution in [2.75, 3.05) is 12.3 Å². The number of nitrogens with two attached hydrogens (primary N) is 1. The Labute approximate surface area is 121 Å². The van der Waals surface area contributed by atoms with Gasteiger partial charge in [0.05, 0.1) is 0 Å². The number of anilines is 1. The molecule has 1 rings (SSSR count). The summed E-state index contributed by atoms with van der Waals surface area (Å²) in [5, 5.41) is 5.16. The number of benzene rings is 1. The van der Waals surface area contributed by atoms with E-state index in [-0.39, 0.29) is 30.5 Å². The number of nitrogens with one attached hydrogen (secondary N) is 2. The SMILES string of the molecule is CCC(C)NC(=O)CCNC(=O)c1cc(F)c(N)c(F)c1. The van der Waals surface area contributed by atoms with Crippen molar-refractivity contribution in [2.24, 2.45) is 0 Å². The molecule has 0 aromatic heterocycles. The second-order valence-corrected chi connectivity index (χ2v) is 4.74. The van der Waals surface area contributed by atoms with Gasteiger partial charge in [0, 0.05) is 24.6 Å². The molecule has 4 N–H and O–H groups in total. The number of hydrogen-bond acceptors (Lipinski definition) is 3. The summed E-state index contributed by atoms with van der Waals surface area (Å²) < 4.78 is 26.4. The first kappa shape index (κ1) is 16.9. The molecule has 2 amide bonds. The number of halogens is 2. The van der Waals surface area contributed by atoms with Gasteiger partial charge in [-0.2, -0.15) is 0 Å². The van der Waals surface area contributed by atoms with Crippen LogP contribution in [0, 0.1) is 11.6 Å². The molecule has 0 radical (unpaired) electrons. The van der Waals surface area contributed by atoms with Crippen molar-refractivity contribution in [3.8, 4) is 0 Å². The van der Waals surface area contributed by atoms with Gasteiger partial charge in [-0.3, -0.25) is 9.59 Å². The van der Waals surface area contributed by atoms with Gasteiger partial charge in [0.1, 0.15) is 17.3 Å². The van der Waals surface area contributed by atoms with E-state index in [0.29, 0.717) is 0 Å². The Bertz CT molecular complexity index is 512. The molecule has 1 unspecified atom stereocenters. The van der Waals surface area contributed by atoms with E-state index < -0.39 is 23.2 Å². The first-order valence-corrected chi connectivity index (χ1v) is 6.67. The van der Waals surface area contributed by atoms with Crippen LogP contribution in [-0.4, -0.2) is 24.4 Å². The molecule has 21 heavy (non-hydrogen) atoms. The minimum Gasteiger partial charge on any atom is -0.394 e. The standard InChI is InChI=1S/C14H19F2N3O2/c1-3-8(2)19-12(20)4-5-18-14(21)9-6-10(15)13(17)11(16)7-9/h6-8H,3-5,17H2,1-2H3,(H,18,21)(H,19,20). The van der Waals surface area contributed by atoms with E-state index in [1.165, 1.54) is 0 Å². The topological polar surface area (TPSA) is 84.2 Å². The second kappa shape index (κ2) is 7.56. The van der Waals surface area contributed by atoms with Gasteiger partial charge >= 0.3 is 0 Å². The quantitative estimate of drug-likeness (QED) is 0.697. The van der Waals surface area contributed by atoms with E-state index in [4.69, 9.17) is 5.73 Å². The highest BCUT2D eigenvalue weighted by molar-refractivity contribution is 5.94. The van der Waals surface area contributed by atoms with E-state index in [9.17, 15) is 18.4 Å². The Hall–Kier alpha value is -2.18. The van der Waals surface area contributed by atoms with Crippen LogP contribution in [0.5, 0.6) is 0 Å². The van der Waals surface area contributed by atoms with Crippen LogP contribution in [0.3, 0.4) is 0 Å². The summed E-state index contributed by atoms with van der Waals surface area (Å²) in [6.45, 7) is 3.89. The summed E-state index contributed by atoms with van der Waals surface area (Å²) in [6, 6.07) is 1.77. The zero-order chi connectivity index (χ0) is 16.0. The summed E-state index contributed by atoms with van der Waals surface area (Å²) in [4.78, 5) is 23.2. The average Bonchev–Trinajstić information content (AvgIpc) is 2.43. The normalized spacial score (nSPS) is 11.8. The fraction of sp³-hybridized carbons (Fsp3) is 0.429. The summed E-state index contributed by atoms with van der Waals surface area (Å²) in [5.41, 5.74) is 4.31. The summed E-state index contributed by atoms with van der Waals surface area (Å²) in [6.07, 6.45) is 0.901. The molecule has 1 atom stereocenters. The lowest BCUT2D eigenvalue weighted by Crippen LogP contribution is -2.35. The molecule has 5 nitrogen and oxygen atoms in total. The third-order valence-corrected chi connectivity index (χ3v) is 3.00. The van der Waals surface area contributed by atoms with Gasteiger partial charge in [0.15, 0.2) is 0 Å². The van der Waals surface area contributed by atoms with Crippen LogP contribution in [0.2, 0.25) is 0 Å². The Balaban J connectivity index is 2.50. The van der Waals surface area contributed by atoms with Gasteiger partial charge < -0.3 is 16.4 Å². The highest BCUT2D eigenvalue weighted by Gasteiger charge is 2.13. The molecule has 0 bridgehead atoms. The molecular formula is C14H19F2N3O2. The van der Waals surface area contributed by atoms with E-state index in [0.717, 1.165) is 18.6 Å². The maximum absolute atomic E-state index is 13.2. The minimum atomic E-state index is -0.991. The Morgan fingerprint density at radius 3 is 2.38 bits per heavy atom. The molecule has 0 saturated heterocycles. The van der Waals surface area contributed by atoms with Gasteiger partial charge in [-0.25, -0.2) is 8.78 Å². The first-order chi connectivity index (χ1) is 9.85. The number of nitrogen functional groups attached to an aromatic ring is 1. The maximum atomic E-state index is 13.2. The lowest BCUT2D eigenvalue weighted by Gasteiger charge is -2.11. The van der Waals surface area contributed by atoms with Crippen LogP contribution in [0.25, 0.3) is 0 Å². The summed E-state index contributed by atoms with van der Waals surface area (Å²) in [5.74, 6) is -2.84. The largest absolute Gasteiger partial charge is 0.394 e. The molecule has 0 aliphatic carbocycles. The lowest BCUT2D eigenvalue weighted by atomic mass is 10.1. The van der Waals surface area contributed by atoms with Crippen LogP contribution >= 0.6 is 0 Å². The fourth-order valence-corrected chi connectivity index (χ4v) is 1.56. The van der Waals surface area contributed by atoms with Crippen molar-refractivity contribution in [2.45, 2.75) is 32.7 Å². The van der Waals surface area contributed by atoms with E-state index in [1.54, 1.807) is 0 Å². The van der Waals surface area contributed by atoms with Crippen molar-refractivity contribution in [1.29, 1.82) is 0 Å². The van der Waals surface area contributed by atoms with Gasteiger partial charge in [-0.1, -0.05) is 6.92 Å². The van der Waals surface area contributed by atoms with Crippen LogP contribution in [-0.2, 0) is 4.79 Å². The lowest BCUT2D eigenvalue weighted by molar-refractivity contribution is -0.121. The highest BCUT2D eigenvalue weighted by Crippen LogP contribution is 2.17. The molecule has 116 valence electrons. The van der Waals surface area contributed by atoms with Gasteiger partial charge in [0.2, 0.25) is 5.91 Å². The molecule has 7 heteroatoms. The third-order valence-electron chi connectivity index (χ3n) is 3.00. The maximum Gasteiger partial charge on any atom is 0.251 e. The fourth-order valence-electron chi connectivity index (χ4n) is 1.56. The Kier molecular flexibility index (Phi) is 6.08. The molecule has 0 saturated carbocycles. The van der Waals surface area contributed by atoms with Crippen LogP contribution < -0.4 is 16.4 Å². The van der Waals surface area contributed by atoms with E-state index in [1.807, 2.05) is 13.8 Å².